The topological polar surface area (TPSA) is 64.1 Å². The van der Waals surface area contributed by atoms with Crippen LogP contribution in [-0.2, 0) is 12.0 Å². The molecule has 5 heteroatoms. The number of nitrogens with zero attached hydrogens (tertiary/aromatic N) is 2. The standard InChI is InChI=1S/C11H15N3O2/c1-11(2,3)9-13-10(16-14-9)12-6-8-4-5-15-7-8/h4-5,7H,6H2,1-3H3,(H,12,13,14). The van der Waals surface area contributed by atoms with E-state index >= 15 is 0 Å². The first kappa shape index (κ1) is 10.7. The molecule has 0 aliphatic heterocycles. The van der Waals surface area contributed by atoms with E-state index in [4.69, 9.17) is 8.94 Å². The van der Waals surface area contributed by atoms with Gasteiger partial charge in [0.15, 0.2) is 5.82 Å². The molecule has 5 nitrogen and oxygen atoms in total. The molecule has 2 heterocycles. The number of aromatic nitrogens is 2. The first-order valence-electron chi connectivity index (χ1n) is 5.15. The van der Waals surface area contributed by atoms with Gasteiger partial charge < -0.3 is 14.3 Å². The van der Waals surface area contributed by atoms with E-state index in [9.17, 15) is 0 Å². The van der Waals surface area contributed by atoms with E-state index < -0.39 is 0 Å². The van der Waals surface area contributed by atoms with Crippen molar-refractivity contribution in [2.45, 2.75) is 32.7 Å². The van der Waals surface area contributed by atoms with Crippen LogP contribution in [0.15, 0.2) is 27.5 Å². The summed E-state index contributed by atoms with van der Waals surface area (Å²) in [5.41, 5.74) is 0.939. The monoisotopic (exact) mass is 221 g/mol. The van der Waals surface area contributed by atoms with Crippen molar-refractivity contribution in [2.24, 2.45) is 0 Å². The van der Waals surface area contributed by atoms with Crippen LogP contribution in [0, 0.1) is 0 Å². The van der Waals surface area contributed by atoms with Gasteiger partial charge in [0.25, 0.3) is 0 Å². The molecule has 0 aliphatic rings. The second-order valence-corrected chi connectivity index (χ2v) is 4.66. The lowest BCUT2D eigenvalue weighted by Gasteiger charge is -2.10. The minimum Gasteiger partial charge on any atom is -0.472 e. The van der Waals surface area contributed by atoms with Gasteiger partial charge in [0.05, 0.1) is 12.5 Å². The van der Waals surface area contributed by atoms with Crippen LogP contribution in [0.3, 0.4) is 0 Å². The van der Waals surface area contributed by atoms with Crippen LogP contribution in [0.4, 0.5) is 6.01 Å². The molecular formula is C11H15N3O2. The van der Waals surface area contributed by atoms with Crippen LogP contribution < -0.4 is 5.32 Å². The zero-order chi connectivity index (χ0) is 11.6. The molecule has 0 bridgehead atoms. The summed E-state index contributed by atoms with van der Waals surface area (Å²) in [6.07, 6.45) is 3.31. The van der Waals surface area contributed by atoms with Crippen molar-refractivity contribution in [2.75, 3.05) is 5.32 Å². The minimum absolute atomic E-state index is 0.0981. The first-order chi connectivity index (χ1) is 7.55. The maximum Gasteiger partial charge on any atom is 0.321 e. The summed E-state index contributed by atoms with van der Waals surface area (Å²) in [7, 11) is 0. The van der Waals surface area contributed by atoms with E-state index in [-0.39, 0.29) is 5.41 Å². The van der Waals surface area contributed by atoms with E-state index in [1.54, 1.807) is 12.5 Å². The molecule has 1 N–H and O–H groups in total. The molecule has 2 aromatic rings. The van der Waals surface area contributed by atoms with E-state index in [1.165, 1.54) is 0 Å². The summed E-state index contributed by atoms with van der Waals surface area (Å²) >= 11 is 0. The van der Waals surface area contributed by atoms with Crippen LogP contribution in [0.1, 0.15) is 32.2 Å². The number of anilines is 1. The highest BCUT2D eigenvalue weighted by Gasteiger charge is 2.20. The largest absolute Gasteiger partial charge is 0.472 e. The number of furan rings is 1. The Labute approximate surface area is 93.8 Å². The molecule has 0 radical (unpaired) electrons. The molecule has 0 aliphatic carbocycles. The third kappa shape index (κ3) is 2.42. The Kier molecular flexibility index (Phi) is 2.68. The lowest BCUT2D eigenvalue weighted by molar-refractivity contribution is 0.402. The predicted molar refractivity (Wildman–Crippen MR) is 59.0 cm³/mol. The van der Waals surface area contributed by atoms with Gasteiger partial charge in [0, 0.05) is 17.5 Å². The van der Waals surface area contributed by atoms with Crippen LogP contribution in [0.25, 0.3) is 0 Å². The van der Waals surface area contributed by atoms with Gasteiger partial charge in [-0.15, -0.1) is 0 Å². The van der Waals surface area contributed by atoms with Crippen molar-refractivity contribution in [3.05, 3.63) is 30.0 Å². The van der Waals surface area contributed by atoms with Crippen molar-refractivity contribution in [3.63, 3.8) is 0 Å². The van der Waals surface area contributed by atoms with Crippen LogP contribution in [0.5, 0.6) is 0 Å². The molecule has 16 heavy (non-hydrogen) atoms. The molecule has 0 unspecified atom stereocenters. The highest BCUT2D eigenvalue weighted by molar-refractivity contribution is 5.23. The molecule has 0 fully saturated rings. The molecule has 86 valence electrons. The van der Waals surface area contributed by atoms with E-state index in [2.05, 4.69) is 15.5 Å². The second kappa shape index (κ2) is 4.00. The first-order valence-corrected chi connectivity index (χ1v) is 5.15. The van der Waals surface area contributed by atoms with E-state index in [0.29, 0.717) is 18.4 Å². The Morgan fingerprint density at radius 2 is 2.19 bits per heavy atom. The molecule has 2 aromatic heterocycles. The molecule has 0 spiro atoms. The Hall–Kier alpha value is -1.78. The molecule has 2 rings (SSSR count). The molecule has 0 aromatic carbocycles. The summed E-state index contributed by atoms with van der Waals surface area (Å²) in [6.45, 7) is 6.73. The Bertz CT molecular complexity index is 440. The third-order valence-electron chi connectivity index (χ3n) is 2.12. The average Bonchev–Trinajstić information content (AvgIpc) is 2.85. The van der Waals surface area contributed by atoms with Gasteiger partial charge in [0.1, 0.15) is 0 Å². The lowest BCUT2D eigenvalue weighted by atomic mass is 9.96. The molecule has 0 saturated heterocycles. The second-order valence-electron chi connectivity index (χ2n) is 4.66. The maximum atomic E-state index is 5.09. The summed E-state index contributed by atoms with van der Waals surface area (Å²) in [4.78, 5) is 4.26. The van der Waals surface area contributed by atoms with Crippen molar-refractivity contribution in [1.82, 2.24) is 10.1 Å². The van der Waals surface area contributed by atoms with Crippen LogP contribution >= 0.6 is 0 Å². The minimum atomic E-state index is -0.0981. The van der Waals surface area contributed by atoms with Crippen molar-refractivity contribution in [3.8, 4) is 0 Å². The summed E-state index contributed by atoms with van der Waals surface area (Å²) in [5.74, 6) is 0.696. The zero-order valence-corrected chi connectivity index (χ0v) is 9.65. The quantitative estimate of drug-likeness (QED) is 0.862. The highest BCUT2D eigenvalue weighted by Crippen LogP contribution is 2.20. The van der Waals surface area contributed by atoms with Crippen molar-refractivity contribution in [1.29, 1.82) is 0 Å². The van der Waals surface area contributed by atoms with Gasteiger partial charge in [-0.1, -0.05) is 25.9 Å². The third-order valence-corrected chi connectivity index (χ3v) is 2.12. The molecule has 0 amide bonds. The van der Waals surface area contributed by atoms with Crippen molar-refractivity contribution < 1.29 is 8.94 Å². The van der Waals surface area contributed by atoms with Gasteiger partial charge in [-0.05, 0) is 6.07 Å². The van der Waals surface area contributed by atoms with Gasteiger partial charge in [-0.2, -0.15) is 4.98 Å². The van der Waals surface area contributed by atoms with Crippen molar-refractivity contribution >= 4 is 6.01 Å². The summed E-state index contributed by atoms with van der Waals surface area (Å²) < 4.78 is 10.0. The smallest absolute Gasteiger partial charge is 0.321 e. The highest BCUT2D eigenvalue weighted by atomic mass is 16.5. The fraction of sp³-hybridized carbons (Fsp3) is 0.455. The van der Waals surface area contributed by atoms with Gasteiger partial charge in [0.2, 0.25) is 0 Å². The number of hydrogen-bond acceptors (Lipinski definition) is 5. The fourth-order valence-corrected chi connectivity index (χ4v) is 1.17. The zero-order valence-electron chi connectivity index (χ0n) is 9.65. The van der Waals surface area contributed by atoms with E-state index in [1.807, 2.05) is 26.8 Å². The van der Waals surface area contributed by atoms with Crippen LogP contribution in [-0.4, -0.2) is 10.1 Å². The molecular weight excluding hydrogens is 206 g/mol. The lowest BCUT2D eigenvalue weighted by Crippen LogP contribution is -2.13. The molecule has 0 saturated carbocycles. The SMILES string of the molecule is CC(C)(C)c1noc(NCc2ccoc2)n1. The van der Waals surface area contributed by atoms with Crippen LogP contribution in [0.2, 0.25) is 0 Å². The normalized spacial score (nSPS) is 11.7. The summed E-state index contributed by atoms with van der Waals surface area (Å²) in [6, 6.07) is 2.32. The fourth-order valence-electron chi connectivity index (χ4n) is 1.17. The predicted octanol–water partition coefficient (Wildman–Crippen LogP) is 2.57. The Balaban J connectivity index is 1.98. The Morgan fingerprint density at radius 1 is 1.38 bits per heavy atom. The summed E-state index contributed by atoms with van der Waals surface area (Å²) in [5, 5.41) is 6.95. The van der Waals surface area contributed by atoms with Gasteiger partial charge in [-0.25, -0.2) is 0 Å². The number of hydrogen-bond donors (Lipinski definition) is 1. The Morgan fingerprint density at radius 3 is 2.75 bits per heavy atom. The maximum absolute atomic E-state index is 5.09. The molecule has 0 atom stereocenters. The average molecular weight is 221 g/mol. The van der Waals surface area contributed by atoms with Gasteiger partial charge in [-0.3, -0.25) is 0 Å². The van der Waals surface area contributed by atoms with E-state index in [0.717, 1.165) is 5.56 Å². The number of nitrogens with one attached hydrogen (secondary N) is 1. The number of rotatable bonds is 3. The van der Waals surface area contributed by atoms with Gasteiger partial charge >= 0.3 is 6.01 Å².